The van der Waals surface area contributed by atoms with Gasteiger partial charge in [-0.2, -0.15) is 0 Å². The number of rotatable bonds is 9. The maximum absolute atomic E-state index is 11.6. The monoisotopic (exact) mass is 473 g/mol. The van der Waals surface area contributed by atoms with Crippen molar-refractivity contribution in [3.63, 3.8) is 0 Å². The van der Waals surface area contributed by atoms with Gasteiger partial charge in [0, 0.05) is 39.0 Å². The van der Waals surface area contributed by atoms with Gasteiger partial charge >= 0.3 is 23.9 Å². The summed E-state index contributed by atoms with van der Waals surface area (Å²) in [5.41, 5.74) is 8.70. The van der Waals surface area contributed by atoms with Crippen LogP contribution in [0, 0.1) is 0 Å². The molecule has 2 aliphatic rings. The molecule has 0 aliphatic carbocycles. The van der Waals surface area contributed by atoms with Gasteiger partial charge in [0.2, 0.25) is 0 Å². The molecule has 0 saturated carbocycles. The second kappa shape index (κ2) is 12.3. The Kier molecular flexibility index (Phi) is 9.85. The number of hydrogen-bond donors (Lipinski definition) is 0. The lowest BCUT2D eigenvalue weighted by atomic mass is 10.0. The Labute approximate surface area is 189 Å². The third kappa shape index (κ3) is 8.17. The second-order valence-electron chi connectivity index (χ2n) is 7.40. The molecule has 2 aliphatic heterocycles. The van der Waals surface area contributed by atoms with Gasteiger partial charge < -0.3 is 33.2 Å². The van der Waals surface area contributed by atoms with Crippen LogP contribution in [0.2, 0.25) is 0 Å². The van der Waals surface area contributed by atoms with Crippen molar-refractivity contribution in [2.24, 2.45) is 5.11 Å². The van der Waals surface area contributed by atoms with Crippen LogP contribution >= 0.6 is 0 Å². The van der Waals surface area contributed by atoms with Crippen molar-refractivity contribution in [1.82, 2.24) is 0 Å². The van der Waals surface area contributed by atoms with Crippen molar-refractivity contribution in [3.8, 4) is 0 Å². The molecule has 2 saturated heterocycles. The Bertz CT molecular complexity index is 771. The van der Waals surface area contributed by atoms with Crippen molar-refractivity contribution in [3.05, 3.63) is 10.4 Å². The molecular weight excluding hydrogens is 446 g/mol. The first kappa shape index (κ1) is 26.3. The maximum Gasteiger partial charge on any atom is 0.303 e. The smallest absolute Gasteiger partial charge is 0.303 e. The molecule has 0 aromatic carbocycles. The predicted octanol–water partition coefficient (Wildman–Crippen LogP) is 0.554. The fourth-order valence-electron chi connectivity index (χ4n) is 3.57. The molecular formula is C19H27N3O11. The molecule has 184 valence electrons. The molecule has 0 radical (unpaired) electrons. The van der Waals surface area contributed by atoms with E-state index in [0.29, 0.717) is 0 Å². The highest BCUT2D eigenvalue weighted by Gasteiger charge is 2.47. The van der Waals surface area contributed by atoms with Gasteiger partial charge in [-0.05, 0) is 5.53 Å². The molecule has 0 amide bonds. The summed E-state index contributed by atoms with van der Waals surface area (Å²) in [4.78, 5) is 48.6. The molecule has 0 aromatic rings. The summed E-state index contributed by atoms with van der Waals surface area (Å²) in [5, 5.41) is 3.47. The standard InChI is InChI=1S/C19H27N3O11/c1-9(23)27-7-15-19(16(8-28-15)30-11(3)25)33-17-5-13(29-10(2)24)18(31-12(4)26)14(32-17)6-21-22-20/h13-19H,5-8H2,1-4H3/t13-,14+,15-,16+,17-,18+,19-/m1/s1. The molecule has 0 aromatic heterocycles. The molecule has 2 heterocycles. The van der Waals surface area contributed by atoms with Crippen molar-refractivity contribution >= 4 is 23.9 Å². The van der Waals surface area contributed by atoms with Gasteiger partial charge in [0.1, 0.15) is 31.0 Å². The third-order valence-electron chi connectivity index (χ3n) is 4.71. The zero-order valence-electron chi connectivity index (χ0n) is 18.7. The Balaban J connectivity index is 2.24. The first-order chi connectivity index (χ1) is 15.6. The molecule has 0 spiro atoms. The van der Waals surface area contributed by atoms with Crippen LogP contribution in [0.4, 0.5) is 0 Å². The van der Waals surface area contributed by atoms with Crippen molar-refractivity contribution < 1.29 is 52.3 Å². The fourth-order valence-corrected chi connectivity index (χ4v) is 3.57. The second-order valence-corrected chi connectivity index (χ2v) is 7.40. The van der Waals surface area contributed by atoms with Gasteiger partial charge in [0.15, 0.2) is 18.5 Å². The minimum absolute atomic E-state index is 0.00546. The van der Waals surface area contributed by atoms with E-state index in [1.807, 2.05) is 0 Å². The van der Waals surface area contributed by atoms with E-state index in [2.05, 4.69) is 10.0 Å². The number of nitrogens with zero attached hydrogens (tertiary/aromatic N) is 3. The van der Waals surface area contributed by atoms with Crippen LogP contribution in [0.15, 0.2) is 5.11 Å². The van der Waals surface area contributed by atoms with Crippen molar-refractivity contribution in [2.75, 3.05) is 19.8 Å². The van der Waals surface area contributed by atoms with E-state index in [1.165, 1.54) is 27.7 Å². The summed E-state index contributed by atoms with van der Waals surface area (Å²) in [7, 11) is 0. The topological polar surface area (TPSA) is 182 Å². The van der Waals surface area contributed by atoms with E-state index in [4.69, 9.17) is 38.7 Å². The molecule has 14 nitrogen and oxygen atoms in total. The first-order valence-corrected chi connectivity index (χ1v) is 10.2. The molecule has 2 rings (SSSR count). The molecule has 14 heteroatoms. The minimum atomic E-state index is -1.05. The van der Waals surface area contributed by atoms with Crippen LogP contribution < -0.4 is 0 Å². The lowest BCUT2D eigenvalue weighted by molar-refractivity contribution is -0.277. The van der Waals surface area contributed by atoms with E-state index in [0.717, 1.165) is 0 Å². The van der Waals surface area contributed by atoms with Crippen LogP contribution in [-0.4, -0.2) is 86.5 Å². The third-order valence-corrected chi connectivity index (χ3v) is 4.71. The van der Waals surface area contributed by atoms with Gasteiger partial charge in [-0.15, -0.1) is 0 Å². The predicted molar refractivity (Wildman–Crippen MR) is 105 cm³/mol. The number of ether oxygens (including phenoxy) is 7. The number of carbonyl (C=O) groups is 4. The normalized spacial score (nSPS) is 31.1. The Morgan fingerprint density at radius 1 is 0.909 bits per heavy atom. The SMILES string of the molecule is CC(=O)OC[C@H]1OC[C@H](OC(C)=O)[C@@H]1O[C@@H]1C[C@@H](OC(C)=O)[C@H](OC(C)=O)[C@H](CN=[N+]=[N-])O1. The van der Waals surface area contributed by atoms with E-state index < -0.39 is 66.8 Å². The summed E-state index contributed by atoms with van der Waals surface area (Å²) in [6, 6.07) is 0. The highest BCUT2D eigenvalue weighted by Crippen LogP contribution is 2.31. The van der Waals surface area contributed by atoms with Crippen molar-refractivity contribution in [2.45, 2.75) is 77.0 Å². The average Bonchev–Trinajstić information content (AvgIpc) is 3.06. The first-order valence-electron chi connectivity index (χ1n) is 10.2. The summed E-state index contributed by atoms with van der Waals surface area (Å²) >= 11 is 0. The van der Waals surface area contributed by atoms with Gasteiger partial charge in [-0.3, -0.25) is 19.2 Å². The number of carbonyl (C=O) groups excluding carboxylic acids is 4. The van der Waals surface area contributed by atoms with Gasteiger partial charge in [-0.25, -0.2) is 0 Å². The lowest BCUT2D eigenvalue weighted by Gasteiger charge is -2.41. The molecule has 7 atom stereocenters. The van der Waals surface area contributed by atoms with Crippen LogP contribution in [0.3, 0.4) is 0 Å². The average molecular weight is 473 g/mol. The zero-order valence-corrected chi connectivity index (χ0v) is 18.7. The molecule has 33 heavy (non-hydrogen) atoms. The summed E-state index contributed by atoms with van der Waals surface area (Å²) < 4.78 is 38.2. The quantitative estimate of drug-likeness (QED) is 0.150. The van der Waals surface area contributed by atoms with Gasteiger partial charge in [0.05, 0.1) is 13.2 Å². The fraction of sp³-hybridized carbons (Fsp3) is 0.789. The molecule has 2 fully saturated rings. The molecule has 0 unspecified atom stereocenters. The molecule has 0 bridgehead atoms. The summed E-state index contributed by atoms with van der Waals surface area (Å²) in [6.45, 7) is 4.43. The highest BCUT2D eigenvalue weighted by atomic mass is 16.7. The van der Waals surface area contributed by atoms with E-state index in [-0.39, 0.29) is 26.2 Å². The highest BCUT2D eigenvalue weighted by molar-refractivity contribution is 5.67. The summed E-state index contributed by atoms with van der Waals surface area (Å²) in [6.07, 6.45) is -6.58. The van der Waals surface area contributed by atoms with Crippen LogP contribution in [0.1, 0.15) is 34.1 Å². The van der Waals surface area contributed by atoms with Crippen LogP contribution in [0.25, 0.3) is 10.4 Å². The summed E-state index contributed by atoms with van der Waals surface area (Å²) in [5.74, 6) is -2.37. The largest absolute Gasteiger partial charge is 0.463 e. The molecule has 0 N–H and O–H groups in total. The minimum Gasteiger partial charge on any atom is -0.463 e. The zero-order chi connectivity index (χ0) is 24.5. The van der Waals surface area contributed by atoms with Crippen LogP contribution in [-0.2, 0) is 52.3 Å². The van der Waals surface area contributed by atoms with E-state index >= 15 is 0 Å². The maximum atomic E-state index is 11.6. The number of esters is 4. The van der Waals surface area contributed by atoms with E-state index in [1.54, 1.807) is 0 Å². The van der Waals surface area contributed by atoms with Crippen LogP contribution in [0.5, 0.6) is 0 Å². The lowest BCUT2D eigenvalue weighted by Crippen LogP contribution is -2.55. The Morgan fingerprint density at radius 3 is 2.12 bits per heavy atom. The van der Waals surface area contributed by atoms with Gasteiger partial charge in [0.25, 0.3) is 0 Å². The van der Waals surface area contributed by atoms with Crippen molar-refractivity contribution in [1.29, 1.82) is 0 Å². The number of hydrogen-bond acceptors (Lipinski definition) is 12. The Hall–Kier alpha value is -2.93. The number of azide groups is 1. The van der Waals surface area contributed by atoms with Gasteiger partial charge in [-0.1, -0.05) is 5.11 Å². The van der Waals surface area contributed by atoms with E-state index in [9.17, 15) is 19.2 Å². The Morgan fingerprint density at radius 2 is 1.55 bits per heavy atom.